The van der Waals surface area contributed by atoms with Crippen LogP contribution in [0.4, 0.5) is 0 Å². The van der Waals surface area contributed by atoms with Crippen LogP contribution in [0.2, 0.25) is 0 Å². The van der Waals surface area contributed by atoms with Gasteiger partial charge in [0.05, 0.1) is 0 Å². The zero-order valence-corrected chi connectivity index (χ0v) is 21.4. The summed E-state index contributed by atoms with van der Waals surface area (Å²) in [7, 11) is 0. The molecule has 152 valence electrons. The molecule has 31 heavy (non-hydrogen) atoms. The van der Waals surface area contributed by atoms with E-state index in [0.717, 1.165) is 0 Å². The molecule has 0 saturated carbocycles. The Morgan fingerprint density at radius 1 is 0.387 bits per heavy atom. The zero-order chi connectivity index (χ0) is 20.8. The van der Waals surface area contributed by atoms with E-state index in [1.807, 2.05) is 56.7 Å². The molecule has 6 aromatic rings. The van der Waals surface area contributed by atoms with Crippen molar-refractivity contribution in [3.05, 3.63) is 83.1 Å². The highest BCUT2D eigenvalue weighted by Crippen LogP contribution is 2.45. The lowest BCUT2D eigenvalue weighted by Gasteiger charge is -1.93. The Hall–Kier alpha value is -1.80. The summed E-state index contributed by atoms with van der Waals surface area (Å²) in [6.45, 7) is 2.17. The topological polar surface area (TPSA) is 0 Å². The minimum Gasteiger partial charge on any atom is -0.143 e. The minimum atomic E-state index is 1.35. The first-order valence-electron chi connectivity index (χ1n) is 9.74. The third-order valence-electron chi connectivity index (χ3n) is 4.90. The lowest BCUT2D eigenvalue weighted by atomic mass is 10.3. The van der Waals surface area contributed by atoms with Gasteiger partial charge < -0.3 is 0 Å². The van der Waals surface area contributed by atoms with Crippen molar-refractivity contribution in [2.24, 2.45) is 0 Å². The van der Waals surface area contributed by atoms with Crippen molar-refractivity contribution in [2.75, 3.05) is 0 Å². The van der Waals surface area contributed by atoms with Crippen molar-refractivity contribution >= 4 is 68.0 Å². The second-order valence-corrected chi connectivity index (χ2v) is 13.6. The van der Waals surface area contributed by atoms with Crippen LogP contribution in [0.25, 0.3) is 48.8 Å². The van der Waals surface area contributed by atoms with E-state index in [1.165, 1.54) is 53.6 Å². The average molecular weight is 509 g/mol. The molecule has 0 N–H and O–H groups in total. The van der Waals surface area contributed by atoms with E-state index < -0.39 is 0 Å². The highest BCUT2D eigenvalue weighted by Gasteiger charge is 2.13. The maximum Gasteiger partial charge on any atom is 0.0449 e. The SMILES string of the molecule is Cc1ccc(-c2ccc(-c3ccc(-c4ccc(-c5ccc(-c6cccs6)s5)s4)s3)s2)s1. The molecule has 0 spiro atoms. The quantitative estimate of drug-likeness (QED) is 0.217. The van der Waals surface area contributed by atoms with Gasteiger partial charge in [0, 0.05) is 53.6 Å². The molecule has 0 aliphatic heterocycles. The first kappa shape index (κ1) is 19.9. The molecule has 0 unspecified atom stereocenters. The Morgan fingerprint density at radius 3 is 1.06 bits per heavy atom. The van der Waals surface area contributed by atoms with Crippen molar-refractivity contribution in [1.29, 1.82) is 0 Å². The largest absolute Gasteiger partial charge is 0.143 e. The van der Waals surface area contributed by atoms with E-state index in [-0.39, 0.29) is 0 Å². The van der Waals surface area contributed by atoms with Crippen molar-refractivity contribution in [1.82, 2.24) is 0 Å². The fraction of sp³-hybridized carbons (Fsp3) is 0.0400. The van der Waals surface area contributed by atoms with Gasteiger partial charge in [-0.1, -0.05) is 6.07 Å². The first-order chi connectivity index (χ1) is 15.2. The van der Waals surface area contributed by atoms with Gasteiger partial charge in [-0.2, -0.15) is 0 Å². The predicted molar refractivity (Wildman–Crippen MR) is 146 cm³/mol. The molecule has 0 aliphatic carbocycles. The van der Waals surface area contributed by atoms with Crippen LogP contribution < -0.4 is 0 Å². The Balaban J connectivity index is 1.25. The van der Waals surface area contributed by atoms with Crippen LogP contribution in [0.5, 0.6) is 0 Å². The van der Waals surface area contributed by atoms with E-state index >= 15 is 0 Å². The molecule has 6 rings (SSSR count). The van der Waals surface area contributed by atoms with Crippen molar-refractivity contribution in [2.45, 2.75) is 6.92 Å². The Morgan fingerprint density at radius 2 is 0.742 bits per heavy atom. The molecule has 6 heteroatoms. The number of rotatable bonds is 5. The fourth-order valence-corrected chi connectivity index (χ4v) is 9.48. The molecule has 6 heterocycles. The van der Waals surface area contributed by atoms with Gasteiger partial charge in [-0.15, -0.1) is 68.0 Å². The average Bonchev–Trinajstić information content (AvgIpc) is 3.59. The van der Waals surface area contributed by atoms with Crippen LogP contribution in [0.15, 0.2) is 78.2 Å². The highest BCUT2D eigenvalue weighted by molar-refractivity contribution is 7.30. The van der Waals surface area contributed by atoms with Gasteiger partial charge in [-0.25, -0.2) is 0 Å². The van der Waals surface area contributed by atoms with Crippen LogP contribution in [-0.4, -0.2) is 0 Å². The molecule has 0 saturated heterocycles. The number of hydrogen-bond acceptors (Lipinski definition) is 6. The summed E-state index contributed by atoms with van der Waals surface area (Å²) in [4.78, 5) is 14.9. The van der Waals surface area contributed by atoms with Gasteiger partial charge in [0.15, 0.2) is 0 Å². The van der Waals surface area contributed by atoms with E-state index in [4.69, 9.17) is 0 Å². The van der Waals surface area contributed by atoms with Gasteiger partial charge in [-0.05, 0) is 79.0 Å². The summed E-state index contributed by atoms with van der Waals surface area (Å²) in [6, 6.07) is 26.9. The summed E-state index contributed by atoms with van der Waals surface area (Å²) >= 11 is 11.2. The third-order valence-corrected chi connectivity index (χ3v) is 12.1. The first-order valence-corrected chi connectivity index (χ1v) is 14.7. The minimum absolute atomic E-state index is 1.35. The maximum atomic E-state index is 2.27. The van der Waals surface area contributed by atoms with Crippen LogP contribution in [0, 0.1) is 6.92 Å². The normalized spacial score (nSPS) is 11.4. The molecule has 0 fully saturated rings. The number of hydrogen-bond donors (Lipinski definition) is 0. The van der Waals surface area contributed by atoms with E-state index in [2.05, 4.69) is 85.1 Å². The molecule has 0 atom stereocenters. The van der Waals surface area contributed by atoms with Crippen molar-refractivity contribution in [3.8, 4) is 48.8 Å². The van der Waals surface area contributed by atoms with E-state index in [9.17, 15) is 0 Å². The van der Waals surface area contributed by atoms with Crippen LogP contribution in [0.1, 0.15) is 4.88 Å². The smallest absolute Gasteiger partial charge is 0.0449 e. The van der Waals surface area contributed by atoms with Crippen LogP contribution in [-0.2, 0) is 0 Å². The predicted octanol–water partition coefficient (Wildman–Crippen LogP) is 10.7. The van der Waals surface area contributed by atoms with Gasteiger partial charge in [0.1, 0.15) is 0 Å². The van der Waals surface area contributed by atoms with Gasteiger partial charge in [0.2, 0.25) is 0 Å². The third kappa shape index (κ3) is 3.93. The molecular weight excluding hydrogens is 493 g/mol. The van der Waals surface area contributed by atoms with Crippen LogP contribution in [0.3, 0.4) is 0 Å². The number of aryl methyl sites for hydroxylation is 1. The molecule has 0 bridgehead atoms. The second-order valence-electron chi connectivity index (χ2n) is 7.04. The van der Waals surface area contributed by atoms with Crippen molar-refractivity contribution in [3.63, 3.8) is 0 Å². The van der Waals surface area contributed by atoms with Crippen molar-refractivity contribution < 1.29 is 0 Å². The molecule has 6 aromatic heterocycles. The monoisotopic (exact) mass is 508 g/mol. The lowest BCUT2D eigenvalue weighted by molar-refractivity contribution is 1.64. The Labute approximate surface area is 205 Å². The van der Waals surface area contributed by atoms with Gasteiger partial charge in [0.25, 0.3) is 0 Å². The molecule has 0 aliphatic rings. The summed E-state index contributed by atoms with van der Waals surface area (Å²) in [5, 5.41) is 2.14. The Kier molecular flexibility index (Phi) is 5.30. The highest BCUT2D eigenvalue weighted by atomic mass is 32.1. The van der Waals surface area contributed by atoms with E-state index in [0.29, 0.717) is 0 Å². The van der Waals surface area contributed by atoms with Crippen LogP contribution >= 0.6 is 68.0 Å². The van der Waals surface area contributed by atoms with Gasteiger partial charge in [-0.3, -0.25) is 0 Å². The molecular formula is C25H16S6. The zero-order valence-electron chi connectivity index (χ0n) is 16.5. The summed E-state index contributed by atoms with van der Waals surface area (Å²) in [6.07, 6.45) is 0. The molecule has 0 nitrogen and oxygen atoms in total. The Bertz CT molecular complexity index is 1450. The fourth-order valence-electron chi connectivity index (χ4n) is 3.40. The summed E-state index contributed by atoms with van der Waals surface area (Å²) < 4.78 is 0. The lowest BCUT2D eigenvalue weighted by Crippen LogP contribution is -1.58. The van der Waals surface area contributed by atoms with E-state index in [1.54, 1.807) is 11.3 Å². The second kappa shape index (κ2) is 8.28. The van der Waals surface area contributed by atoms with Gasteiger partial charge >= 0.3 is 0 Å². The molecule has 0 radical (unpaired) electrons. The molecule has 0 amide bonds. The molecule has 0 aromatic carbocycles. The summed E-state index contributed by atoms with van der Waals surface area (Å²) in [5.74, 6) is 0. The summed E-state index contributed by atoms with van der Waals surface area (Å²) in [5.41, 5.74) is 0. The standard InChI is InChI=1S/C25H16S6/c1-15-4-5-18(27-15)19-8-9-22(29-19)23-12-13-25(31-23)24-11-10-21(30-24)20-7-6-17(28-20)16-3-2-14-26-16/h2-14H,1H3. The number of thiophene rings is 6. The maximum absolute atomic E-state index is 2.27.